The van der Waals surface area contributed by atoms with Crippen molar-refractivity contribution >= 4 is 71.6 Å². The fourth-order valence-electron chi connectivity index (χ4n) is 5.58. The number of aliphatic hydroxyl groups is 1. The lowest BCUT2D eigenvalue weighted by molar-refractivity contribution is -0.136. The summed E-state index contributed by atoms with van der Waals surface area (Å²) >= 11 is 8.11. The molecule has 3 rings (SSSR count). The third kappa shape index (κ3) is 13.0. The van der Waals surface area contributed by atoms with Crippen LogP contribution >= 0.6 is 25.3 Å². The Morgan fingerprint density at radius 3 is 1.91 bits per heavy atom. The van der Waals surface area contributed by atoms with Gasteiger partial charge >= 0.3 is 0 Å². The first kappa shape index (κ1) is 43.8. The highest BCUT2D eigenvalue weighted by molar-refractivity contribution is 7.80. The molecule has 0 saturated carbocycles. The number of benzene rings is 2. The molecular formula is C36H51N9O7S2. The quantitative estimate of drug-likeness (QED) is 0.0419. The van der Waals surface area contributed by atoms with Crippen LogP contribution in [0.2, 0.25) is 0 Å². The van der Waals surface area contributed by atoms with Gasteiger partial charge in [0.25, 0.3) is 0 Å². The lowest BCUT2D eigenvalue weighted by Crippen LogP contribution is -2.61. The molecule has 3 aromatic rings. The number of primary amides is 1. The molecule has 0 fully saturated rings. The summed E-state index contributed by atoms with van der Waals surface area (Å²) in [5, 5.41) is 24.2. The van der Waals surface area contributed by atoms with Crippen molar-refractivity contribution in [3.8, 4) is 0 Å². The van der Waals surface area contributed by atoms with Crippen LogP contribution in [0.25, 0.3) is 10.9 Å². The number of aromatic nitrogens is 1. The summed E-state index contributed by atoms with van der Waals surface area (Å²) < 4.78 is 0. The molecule has 13 N–H and O–H groups in total. The van der Waals surface area contributed by atoms with Crippen molar-refractivity contribution in [1.29, 1.82) is 0 Å². The third-order valence-corrected chi connectivity index (χ3v) is 9.42. The Morgan fingerprint density at radius 2 is 1.30 bits per heavy atom. The molecule has 6 amide bonds. The molecule has 0 radical (unpaired) electrons. The normalized spacial score (nSPS) is 15.1. The second kappa shape index (κ2) is 21.9. The van der Waals surface area contributed by atoms with Crippen LogP contribution in [-0.4, -0.2) is 106 Å². The topological polar surface area (TPSA) is 277 Å². The van der Waals surface area contributed by atoms with Crippen LogP contribution in [0.3, 0.4) is 0 Å². The zero-order valence-electron chi connectivity index (χ0n) is 30.0. The van der Waals surface area contributed by atoms with Crippen molar-refractivity contribution in [2.45, 2.75) is 81.4 Å². The van der Waals surface area contributed by atoms with E-state index in [2.05, 4.69) is 56.8 Å². The maximum Gasteiger partial charge on any atom is 0.245 e. The maximum atomic E-state index is 14.2. The number of rotatable bonds is 22. The summed E-state index contributed by atoms with van der Waals surface area (Å²) in [6.07, 6.45) is 1.36. The van der Waals surface area contributed by atoms with E-state index < -0.39 is 77.8 Å². The number of nitrogens with one attached hydrogen (secondary N) is 6. The molecule has 0 spiro atoms. The second-order valence-electron chi connectivity index (χ2n) is 12.9. The van der Waals surface area contributed by atoms with E-state index in [9.17, 15) is 33.9 Å². The molecular weight excluding hydrogens is 735 g/mol. The summed E-state index contributed by atoms with van der Waals surface area (Å²) in [5.74, 6) is -4.68. The number of H-pyrrole nitrogens is 1. The molecule has 0 aliphatic carbocycles. The van der Waals surface area contributed by atoms with Crippen LogP contribution in [-0.2, 0) is 41.6 Å². The lowest BCUT2D eigenvalue weighted by atomic mass is 10.0. The minimum Gasteiger partial charge on any atom is -0.391 e. The van der Waals surface area contributed by atoms with Crippen LogP contribution in [0.1, 0.15) is 37.3 Å². The molecule has 294 valence electrons. The Labute approximate surface area is 324 Å². The summed E-state index contributed by atoms with van der Waals surface area (Å²) in [5.41, 5.74) is 19.1. The van der Waals surface area contributed by atoms with Crippen molar-refractivity contribution in [3.05, 3.63) is 71.9 Å². The Balaban J connectivity index is 1.94. The fraction of sp³-hybridized carbons (Fsp3) is 0.444. The molecule has 0 bridgehead atoms. The predicted octanol–water partition coefficient (Wildman–Crippen LogP) is -1.44. The highest BCUT2D eigenvalue weighted by atomic mass is 32.1. The molecule has 16 nitrogen and oxygen atoms in total. The van der Waals surface area contributed by atoms with E-state index in [-0.39, 0.29) is 30.8 Å². The molecule has 0 saturated heterocycles. The zero-order chi connectivity index (χ0) is 39.8. The molecule has 18 heteroatoms. The van der Waals surface area contributed by atoms with Crippen LogP contribution in [0.4, 0.5) is 0 Å². The molecule has 0 unspecified atom stereocenters. The predicted molar refractivity (Wildman–Crippen MR) is 211 cm³/mol. The van der Waals surface area contributed by atoms with E-state index >= 15 is 0 Å². The number of hydrogen-bond acceptors (Lipinski definition) is 11. The maximum absolute atomic E-state index is 14.2. The van der Waals surface area contributed by atoms with Gasteiger partial charge < -0.3 is 53.9 Å². The number of para-hydroxylation sites is 1. The van der Waals surface area contributed by atoms with Crippen LogP contribution in [0, 0.1) is 0 Å². The van der Waals surface area contributed by atoms with Crippen molar-refractivity contribution < 1.29 is 33.9 Å². The number of aromatic amines is 1. The van der Waals surface area contributed by atoms with E-state index in [4.69, 9.17) is 17.2 Å². The number of aliphatic hydroxyl groups excluding tert-OH is 1. The fourth-order valence-corrected chi connectivity index (χ4v) is 6.02. The van der Waals surface area contributed by atoms with Crippen molar-refractivity contribution in [1.82, 2.24) is 31.6 Å². The second-order valence-corrected chi connectivity index (χ2v) is 13.6. The highest BCUT2D eigenvalue weighted by Gasteiger charge is 2.34. The van der Waals surface area contributed by atoms with Gasteiger partial charge in [0.15, 0.2) is 0 Å². The van der Waals surface area contributed by atoms with Gasteiger partial charge in [-0.1, -0.05) is 48.5 Å². The van der Waals surface area contributed by atoms with E-state index in [1.807, 2.05) is 30.3 Å². The first-order chi connectivity index (χ1) is 25.8. The number of thiol groups is 2. The molecule has 0 aliphatic rings. The third-order valence-electron chi connectivity index (χ3n) is 8.67. The van der Waals surface area contributed by atoms with Gasteiger partial charge in [-0.2, -0.15) is 25.3 Å². The van der Waals surface area contributed by atoms with Gasteiger partial charge in [0.1, 0.15) is 30.2 Å². The number of hydrogen-bond donors (Lipinski definition) is 12. The number of fused-ring (bicyclic) bond motifs is 1. The highest BCUT2D eigenvalue weighted by Crippen LogP contribution is 2.20. The first-order valence-electron chi connectivity index (χ1n) is 17.5. The Kier molecular flexibility index (Phi) is 17.8. The summed E-state index contributed by atoms with van der Waals surface area (Å²) in [6.45, 7) is 1.58. The molecule has 7 atom stereocenters. The summed E-state index contributed by atoms with van der Waals surface area (Å²) in [7, 11) is 0. The van der Waals surface area contributed by atoms with Crippen LogP contribution < -0.4 is 43.8 Å². The van der Waals surface area contributed by atoms with Gasteiger partial charge in [-0.05, 0) is 49.9 Å². The molecule has 1 aromatic heterocycles. The van der Waals surface area contributed by atoms with Gasteiger partial charge in [-0.15, -0.1) is 0 Å². The van der Waals surface area contributed by atoms with E-state index in [1.54, 1.807) is 30.5 Å². The monoisotopic (exact) mass is 785 g/mol. The average molecular weight is 786 g/mol. The Hall–Kier alpha value is -4.62. The molecule has 2 aromatic carbocycles. The Bertz CT molecular complexity index is 1730. The first-order valence-corrected chi connectivity index (χ1v) is 18.8. The summed E-state index contributed by atoms with van der Waals surface area (Å²) in [6, 6.07) is 9.02. The molecule has 54 heavy (non-hydrogen) atoms. The standard InChI is InChI=1S/C36H51N9O7S2/c1-20(46)30(36(52)44-29(19-54)31(39)47)45-33(49)26(13-7-8-14-37)41-35(51)28(16-22-17-40-25-12-6-5-11-23(22)25)43-34(50)27(42-32(48)24(38)18-53)15-21-9-3-2-4-10-21/h2-6,9-12,17,20,24,26-30,40,46,53-54H,7-8,13-16,18-19,37-38H2,1H3,(H2,39,47)(H,41,51)(H,42,48)(H,43,50)(H,44,52)(H,45,49)/t20-,24+,26+,27+,28-,29+,30+/m1/s1. The van der Waals surface area contributed by atoms with Crippen molar-refractivity contribution in [2.24, 2.45) is 17.2 Å². The van der Waals surface area contributed by atoms with E-state index in [0.29, 0.717) is 24.9 Å². The minimum absolute atomic E-state index is 0.0160. The zero-order valence-corrected chi connectivity index (χ0v) is 31.8. The number of carbonyl (C=O) groups excluding carboxylic acids is 6. The van der Waals surface area contributed by atoms with Gasteiger partial charge in [-0.3, -0.25) is 28.8 Å². The van der Waals surface area contributed by atoms with Gasteiger partial charge in [0.2, 0.25) is 35.4 Å². The average Bonchev–Trinajstić information content (AvgIpc) is 3.56. The smallest absolute Gasteiger partial charge is 0.245 e. The van der Waals surface area contributed by atoms with Crippen LogP contribution in [0.5, 0.6) is 0 Å². The lowest BCUT2D eigenvalue weighted by Gasteiger charge is -2.28. The number of amides is 6. The van der Waals surface area contributed by atoms with Gasteiger partial charge in [-0.25, -0.2) is 0 Å². The summed E-state index contributed by atoms with van der Waals surface area (Å²) in [4.78, 5) is 82.7. The number of nitrogens with two attached hydrogens (primary N) is 3. The number of unbranched alkanes of at least 4 members (excludes halogenated alkanes) is 1. The van der Waals surface area contributed by atoms with E-state index in [1.165, 1.54) is 6.92 Å². The van der Waals surface area contributed by atoms with E-state index in [0.717, 1.165) is 16.5 Å². The van der Waals surface area contributed by atoms with Gasteiger partial charge in [0.05, 0.1) is 12.1 Å². The van der Waals surface area contributed by atoms with Crippen molar-refractivity contribution in [3.63, 3.8) is 0 Å². The van der Waals surface area contributed by atoms with Crippen LogP contribution in [0.15, 0.2) is 60.8 Å². The Morgan fingerprint density at radius 1 is 0.722 bits per heavy atom. The largest absolute Gasteiger partial charge is 0.391 e. The minimum atomic E-state index is -1.53. The van der Waals surface area contributed by atoms with Crippen molar-refractivity contribution in [2.75, 3.05) is 18.1 Å². The number of carbonyl (C=O) groups is 6. The molecule has 0 aliphatic heterocycles. The molecule has 1 heterocycles. The SMILES string of the molecule is C[C@@H](O)[C@H](NC(=O)[C@H](CCCCN)NC(=O)[C@@H](Cc1c[nH]c2ccccc12)NC(=O)[C@H](Cc1ccccc1)NC(=O)[C@@H](N)CS)C(=O)N[C@@H](CS)C(N)=O. The van der Waals surface area contributed by atoms with Gasteiger partial charge in [0, 0.05) is 41.4 Å².